The van der Waals surface area contributed by atoms with Gasteiger partial charge in [-0.05, 0) is 31.2 Å². The third-order valence-corrected chi connectivity index (χ3v) is 4.53. The summed E-state index contributed by atoms with van der Waals surface area (Å²) in [7, 11) is 0. The van der Waals surface area contributed by atoms with Crippen LogP contribution in [0.25, 0.3) is 0 Å². The van der Waals surface area contributed by atoms with E-state index >= 15 is 0 Å². The Morgan fingerprint density at radius 2 is 2.29 bits per heavy atom. The molecule has 0 aromatic carbocycles. The van der Waals surface area contributed by atoms with Crippen molar-refractivity contribution in [2.45, 2.75) is 46.6 Å². The Morgan fingerprint density at radius 1 is 1.48 bits per heavy atom. The van der Waals surface area contributed by atoms with Gasteiger partial charge in [-0.25, -0.2) is 4.99 Å². The maximum Gasteiger partial charge on any atom is 0.194 e. The lowest BCUT2D eigenvalue weighted by atomic mass is 9.87. The second-order valence-corrected chi connectivity index (χ2v) is 5.82. The molecular weight excluding hydrogens is 262 g/mol. The lowest BCUT2D eigenvalue weighted by Gasteiger charge is -2.24. The molecule has 1 unspecified atom stereocenters. The first-order valence-electron chi connectivity index (χ1n) is 8.29. The van der Waals surface area contributed by atoms with Crippen LogP contribution in [-0.2, 0) is 6.54 Å². The molecule has 0 spiro atoms. The lowest BCUT2D eigenvalue weighted by molar-refractivity contribution is 0.319. The topological polar surface area (TPSA) is 56.3 Å². The Balaban J connectivity index is 1.97. The molecule has 5 nitrogen and oxygen atoms in total. The first-order chi connectivity index (χ1) is 10.3. The Bertz CT molecular complexity index is 422. The number of likely N-dealkylation sites (tertiary alicyclic amines) is 1. The number of hydrogen-bond donors (Lipinski definition) is 2. The highest BCUT2D eigenvalue weighted by molar-refractivity contribution is 5.80. The quantitative estimate of drug-likeness (QED) is 0.626. The number of guanidine groups is 1. The molecule has 1 saturated heterocycles. The van der Waals surface area contributed by atoms with Crippen LogP contribution in [0.3, 0.4) is 0 Å². The highest BCUT2D eigenvalue weighted by atomic mass is 15.3. The van der Waals surface area contributed by atoms with Crippen molar-refractivity contribution in [2.75, 3.05) is 19.6 Å². The van der Waals surface area contributed by atoms with Gasteiger partial charge in [0.05, 0.1) is 12.2 Å². The fourth-order valence-corrected chi connectivity index (χ4v) is 3.28. The Hall–Kier alpha value is -1.52. The minimum absolute atomic E-state index is 0.661. The predicted octanol–water partition coefficient (Wildman–Crippen LogP) is 2.63. The van der Waals surface area contributed by atoms with Crippen LogP contribution in [0.15, 0.2) is 17.3 Å². The minimum Gasteiger partial charge on any atom is -0.357 e. The largest absolute Gasteiger partial charge is 0.357 e. The summed E-state index contributed by atoms with van der Waals surface area (Å²) in [6.45, 7) is 10.6. The smallest absolute Gasteiger partial charge is 0.194 e. The zero-order valence-corrected chi connectivity index (χ0v) is 13.6. The minimum atomic E-state index is 0.661. The molecule has 2 heterocycles. The van der Waals surface area contributed by atoms with E-state index in [2.05, 4.69) is 41.2 Å². The number of H-pyrrole nitrogens is 1. The van der Waals surface area contributed by atoms with Crippen molar-refractivity contribution >= 4 is 5.96 Å². The van der Waals surface area contributed by atoms with Crippen LogP contribution in [0.1, 0.15) is 45.7 Å². The lowest BCUT2D eigenvalue weighted by Crippen LogP contribution is -2.40. The molecule has 0 bridgehead atoms. The molecule has 21 heavy (non-hydrogen) atoms. The predicted molar refractivity (Wildman–Crippen MR) is 87.2 cm³/mol. The van der Waals surface area contributed by atoms with Gasteiger partial charge in [0.1, 0.15) is 0 Å². The maximum atomic E-state index is 4.74. The molecule has 1 aliphatic heterocycles. The molecule has 1 aromatic rings. The number of rotatable bonds is 6. The molecule has 0 saturated carbocycles. The van der Waals surface area contributed by atoms with Crippen molar-refractivity contribution in [3.05, 3.63) is 18.0 Å². The zero-order chi connectivity index (χ0) is 15.1. The van der Waals surface area contributed by atoms with Crippen molar-refractivity contribution in [2.24, 2.45) is 16.8 Å². The van der Waals surface area contributed by atoms with Crippen LogP contribution >= 0.6 is 0 Å². The number of nitrogens with zero attached hydrogens (tertiary/aromatic N) is 3. The molecule has 1 fully saturated rings. The van der Waals surface area contributed by atoms with Gasteiger partial charge in [-0.3, -0.25) is 5.10 Å². The number of aliphatic imine (C=N–C) groups is 1. The summed E-state index contributed by atoms with van der Waals surface area (Å²) in [4.78, 5) is 7.16. The molecule has 118 valence electrons. The number of aromatic nitrogens is 2. The van der Waals surface area contributed by atoms with E-state index in [0.29, 0.717) is 6.54 Å². The van der Waals surface area contributed by atoms with E-state index < -0.39 is 0 Å². The second kappa shape index (κ2) is 8.05. The molecule has 0 aliphatic carbocycles. The van der Waals surface area contributed by atoms with Gasteiger partial charge < -0.3 is 10.2 Å². The summed E-state index contributed by atoms with van der Waals surface area (Å²) < 4.78 is 0. The van der Waals surface area contributed by atoms with Gasteiger partial charge in [-0.15, -0.1) is 0 Å². The van der Waals surface area contributed by atoms with Gasteiger partial charge >= 0.3 is 0 Å². The average Bonchev–Trinajstić information content (AvgIpc) is 3.16. The molecule has 0 radical (unpaired) electrons. The molecule has 2 N–H and O–H groups in total. The Morgan fingerprint density at radius 3 is 2.90 bits per heavy atom. The molecule has 5 heteroatoms. The van der Waals surface area contributed by atoms with Crippen LogP contribution in [-0.4, -0.2) is 40.7 Å². The maximum absolute atomic E-state index is 4.74. The fourth-order valence-electron chi connectivity index (χ4n) is 3.28. The van der Waals surface area contributed by atoms with Gasteiger partial charge in [-0.1, -0.05) is 26.7 Å². The number of nitrogens with one attached hydrogen (secondary N) is 2. The second-order valence-electron chi connectivity index (χ2n) is 5.82. The highest BCUT2D eigenvalue weighted by Gasteiger charge is 2.29. The third kappa shape index (κ3) is 4.22. The molecular formula is C16H29N5. The van der Waals surface area contributed by atoms with Crippen LogP contribution in [0.5, 0.6) is 0 Å². The molecule has 1 aliphatic rings. The summed E-state index contributed by atoms with van der Waals surface area (Å²) in [5, 5.41) is 10.4. The molecule has 2 rings (SSSR count). The van der Waals surface area contributed by atoms with Crippen LogP contribution in [0, 0.1) is 11.8 Å². The summed E-state index contributed by atoms with van der Waals surface area (Å²) in [6, 6.07) is 1.98. The van der Waals surface area contributed by atoms with Gasteiger partial charge in [0.15, 0.2) is 5.96 Å². The standard InChI is InChI=1S/C16H29N5/c1-4-13(5-2)14-8-10-21(12-14)16(17-6-3)18-11-15-7-9-19-20-15/h7,9,13-14H,4-6,8,10-12H2,1-3H3,(H,17,18)(H,19,20). The van der Waals surface area contributed by atoms with E-state index in [-0.39, 0.29) is 0 Å². The fraction of sp³-hybridized carbons (Fsp3) is 0.750. The van der Waals surface area contributed by atoms with E-state index in [4.69, 9.17) is 4.99 Å². The van der Waals surface area contributed by atoms with Gasteiger partial charge in [-0.2, -0.15) is 5.10 Å². The molecule has 1 aromatic heterocycles. The first-order valence-corrected chi connectivity index (χ1v) is 8.29. The SMILES string of the molecule is CCNC(=NCc1ccn[nH]1)N1CCC(C(CC)CC)C1. The summed E-state index contributed by atoms with van der Waals surface area (Å²) in [6.07, 6.45) is 5.64. The van der Waals surface area contributed by atoms with Crippen molar-refractivity contribution in [3.63, 3.8) is 0 Å². The third-order valence-electron chi connectivity index (χ3n) is 4.53. The monoisotopic (exact) mass is 291 g/mol. The number of hydrogen-bond acceptors (Lipinski definition) is 2. The van der Waals surface area contributed by atoms with Crippen molar-refractivity contribution in [1.82, 2.24) is 20.4 Å². The van der Waals surface area contributed by atoms with Crippen LogP contribution in [0.4, 0.5) is 0 Å². The summed E-state index contributed by atoms with van der Waals surface area (Å²) in [5.41, 5.74) is 1.06. The normalized spacial score (nSPS) is 19.5. The highest BCUT2D eigenvalue weighted by Crippen LogP contribution is 2.28. The van der Waals surface area contributed by atoms with E-state index in [1.54, 1.807) is 6.20 Å². The van der Waals surface area contributed by atoms with Crippen molar-refractivity contribution in [3.8, 4) is 0 Å². The van der Waals surface area contributed by atoms with Gasteiger partial charge in [0.2, 0.25) is 0 Å². The van der Waals surface area contributed by atoms with E-state index in [0.717, 1.165) is 43.1 Å². The van der Waals surface area contributed by atoms with Gasteiger partial charge in [0, 0.05) is 25.8 Å². The Kier molecular flexibility index (Phi) is 6.08. The van der Waals surface area contributed by atoms with Crippen molar-refractivity contribution in [1.29, 1.82) is 0 Å². The van der Waals surface area contributed by atoms with E-state index in [1.807, 2.05) is 6.07 Å². The first kappa shape index (κ1) is 15.9. The van der Waals surface area contributed by atoms with E-state index in [9.17, 15) is 0 Å². The molecule has 0 amide bonds. The zero-order valence-electron chi connectivity index (χ0n) is 13.6. The Labute approximate surface area is 128 Å². The van der Waals surface area contributed by atoms with Crippen LogP contribution < -0.4 is 5.32 Å². The number of aromatic amines is 1. The van der Waals surface area contributed by atoms with E-state index in [1.165, 1.54) is 19.3 Å². The van der Waals surface area contributed by atoms with Gasteiger partial charge in [0.25, 0.3) is 0 Å². The summed E-state index contributed by atoms with van der Waals surface area (Å²) in [5.74, 6) is 2.71. The average molecular weight is 291 g/mol. The summed E-state index contributed by atoms with van der Waals surface area (Å²) >= 11 is 0. The van der Waals surface area contributed by atoms with Crippen molar-refractivity contribution < 1.29 is 0 Å². The molecule has 1 atom stereocenters. The van der Waals surface area contributed by atoms with Crippen LogP contribution in [0.2, 0.25) is 0 Å².